The van der Waals surface area contributed by atoms with E-state index in [-0.39, 0.29) is 17.9 Å². The number of carbonyl (C=O) groups excluding carboxylic acids is 1. The van der Waals surface area contributed by atoms with Crippen LogP contribution >= 0.6 is 0 Å². The Hall–Kier alpha value is -1.88. The zero-order chi connectivity index (χ0) is 17.6. The Labute approximate surface area is 148 Å². The van der Waals surface area contributed by atoms with Gasteiger partial charge in [0.1, 0.15) is 0 Å². The van der Waals surface area contributed by atoms with Gasteiger partial charge in [0.05, 0.1) is 11.5 Å². The minimum absolute atomic E-state index is 0.104. The number of aryl methyl sites for hydroxylation is 1. The van der Waals surface area contributed by atoms with E-state index in [4.69, 9.17) is 0 Å². The Bertz CT molecular complexity index is 704. The van der Waals surface area contributed by atoms with E-state index in [1.807, 2.05) is 30.0 Å². The molecule has 5 heteroatoms. The molecule has 1 aromatic carbocycles. The Morgan fingerprint density at radius 2 is 2.08 bits per heavy atom. The van der Waals surface area contributed by atoms with Crippen LogP contribution in [0.15, 0.2) is 24.3 Å². The lowest BCUT2D eigenvalue weighted by Crippen LogP contribution is -2.49. The standard InChI is InChI=1S/C20H26N2O3/c1-14(21-12-16-8-4-10-20(16,13-21)19(24)25)18(23)22-11-5-7-15-6-2-3-9-17(15)22/h2-3,6,9,14,16H,4-5,7-8,10-13H2,1H3,(H,24,25)/t14?,16-,20+/m0/s1. The van der Waals surface area contributed by atoms with Crippen molar-refractivity contribution in [2.75, 3.05) is 24.5 Å². The maximum Gasteiger partial charge on any atom is 0.311 e. The number of benzene rings is 1. The van der Waals surface area contributed by atoms with Crippen LogP contribution in [-0.2, 0) is 16.0 Å². The summed E-state index contributed by atoms with van der Waals surface area (Å²) in [6.07, 6.45) is 4.71. The molecule has 0 spiro atoms. The van der Waals surface area contributed by atoms with E-state index < -0.39 is 11.4 Å². The van der Waals surface area contributed by atoms with E-state index in [0.717, 1.165) is 50.9 Å². The molecule has 4 rings (SSSR count). The number of hydrogen-bond acceptors (Lipinski definition) is 3. The molecule has 2 fully saturated rings. The fraction of sp³-hybridized carbons (Fsp3) is 0.600. The van der Waals surface area contributed by atoms with Gasteiger partial charge >= 0.3 is 5.97 Å². The summed E-state index contributed by atoms with van der Waals surface area (Å²) >= 11 is 0. The van der Waals surface area contributed by atoms with Crippen LogP contribution in [-0.4, -0.2) is 47.6 Å². The number of amides is 1. The molecule has 2 heterocycles. The van der Waals surface area contributed by atoms with E-state index >= 15 is 0 Å². The number of aliphatic carboxylic acids is 1. The van der Waals surface area contributed by atoms with Gasteiger partial charge < -0.3 is 10.0 Å². The average Bonchev–Trinajstić information content (AvgIpc) is 3.18. The minimum Gasteiger partial charge on any atom is -0.481 e. The number of carboxylic acids is 1. The summed E-state index contributed by atoms with van der Waals surface area (Å²) in [5.74, 6) is -0.387. The molecule has 2 aliphatic heterocycles. The van der Waals surface area contributed by atoms with Crippen LogP contribution in [0.3, 0.4) is 0 Å². The molecule has 1 saturated carbocycles. The number of anilines is 1. The maximum absolute atomic E-state index is 13.2. The second kappa shape index (κ2) is 6.13. The van der Waals surface area contributed by atoms with Gasteiger partial charge in [0.25, 0.3) is 0 Å². The van der Waals surface area contributed by atoms with Gasteiger partial charge in [-0.15, -0.1) is 0 Å². The van der Waals surface area contributed by atoms with E-state index in [1.165, 1.54) is 5.56 Å². The second-order valence-corrected chi connectivity index (χ2v) is 7.88. The zero-order valence-electron chi connectivity index (χ0n) is 14.8. The van der Waals surface area contributed by atoms with Gasteiger partial charge in [-0.2, -0.15) is 0 Å². The maximum atomic E-state index is 13.2. The van der Waals surface area contributed by atoms with Crippen molar-refractivity contribution in [1.82, 2.24) is 4.90 Å². The Morgan fingerprint density at radius 1 is 1.28 bits per heavy atom. The number of hydrogen-bond donors (Lipinski definition) is 1. The van der Waals surface area contributed by atoms with Crippen molar-refractivity contribution in [3.63, 3.8) is 0 Å². The number of para-hydroxylation sites is 1. The molecular weight excluding hydrogens is 316 g/mol. The first-order valence-electron chi connectivity index (χ1n) is 9.40. The minimum atomic E-state index is -0.680. The van der Waals surface area contributed by atoms with Crippen molar-refractivity contribution in [3.8, 4) is 0 Å². The number of carboxylic acid groups (broad SMARTS) is 1. The molecule has 1 saturated heterocycles. The largest absolute Gasteiger partial charge is 0.481 e. The first kappa shape index (κ1) is 16.6. The van der Waals surface area contributed by atoms with Gasteiger partial charge in [-0.1, -0.05) is 24.6 Å². The van der Waals surface area contributed by atoms with Crippen molar-refractivity contribution >= 4 is 17.6 Å². The molecule has 5 nitrogen and oxygen atoms in total. The average molecular weight is 342 g/mol. The molecular formula is C20H26N2O3. The predicted octanol–water partition coefficient (Wildman–Crippen LogP) is 2.54. The Morgan fingerprint density at radius 3 is 2.84 bits per heavy atom. The number of likely N-dealkylation sites (tertiary alicyclic amines) is 1. The molecule has 1 amide bonds. The summed E-state index contributed by atoms with van der Waals surface area (Å²) < 4.78 is 0. The van der Waals surface area contributed by atoms with Crippen molar-refractivity contribution in [2.24, 2.45) is 11.3 Å². The molecule has 0 aromatic heterocycles. The Balaban J connectivity index is 1.54. The van der Waals surface area contributed by atoms with E-state index in [2.05, 4.69) is 11.0 Å². The fourth-order valence-electron chi connectivity index (χ4n) is 5.12. The van der Waals surface area contributed by atoms with E-state index in [0.29, 0.717) is 6.54 Å². The van der Waals surface area contributed by atoms with Gasteiger partial charge in [0.2, 0.25) is 5.91 Å². The molecule has 1 aromatic rings. The quantitative estimate of drug-likeness (QED) is 0.917. The SMILES string of the molecule is CC(C(=O)N1CCCc2ccccc21)N1C[C@@H]2CCC[C@@]2(C(=O)O)C1. The number of nitrogens with zero attached hydrogens (tertiary/aromatic N) is 2. The number of carbonyl (C=O) groups is 2. The summed E-state index contributed by atoms with van der Waals surface area (Å²) in [4.78, 5) is 29.1. The van der Waals surface area contributed by atoms with Crippen LogP contribution in [0.5, 0.6) is 0 Å². The molecule has 1 unspecified atom stereocenters. The van der Waals surface area contributed by atoms with Crippen molar-refractivity contribution in [3.05, 3.63) is 29.8 Å². The third-order valence-corrected chi connectivity index (χ3v) is 6.60. The highest BCUT2D eigenvalue weighted by atomic mass is 16.4. The van der Waals surface area contributed by atoms with Gasteiger partial charge in [-0.05, 0) is 50.2 Å². The summed E-state index contributed by atoms with van der Waals surface area (Å²) in [6, 6.07) is 7.85. The summed E-state index contributed by atoms with van der Waals surface area (Å²) in [5, 5.41) is 9.77. The molecule has 3 atom stereocenters. The van der Waals surface area contributed by atoms with Crippen molar-refractivity contribution in [2.45, 2.75) is 45.1 Å². The third-order valence-electron chi connectivity index (χ3n) is 6.60. The first-order chi connectivity index (χ1) is 12.0. The lowest BCUT2D eigenvalue weighted by molar-refractivity contribution is -0.149. The number of rotatable bonds is 3. The third kappa shape index (κ3) is 2.56. The zero-order valence-corrected chi connectivity index (χ0v) is 14.8. The first-order valence-corrected chi connectivity index (χ1v) is 9.40. The van der Waals surface area contributed by atoms with Gasteiger partial charge in [0, 0.05) is 25.3 Å². The normalized spacial score (nSPS) is 30.0. The molecule has 3 aliphatic rings. The van der Waals surface area contributed by atoms with Crippen LogP contribution in [0.25, 0.3) is 0 Å². The summed E-state index contributed by atoms with van der Waals surface area (Å²) in [5.41, 5.74) is 1.63. The highest BCUT2D eigenvalue weighted by Gasteiger charge is 2.56. The van der Waals surface area contributed by atoms with E-state index in [1.54, 1.807) is 0 Å². The van der Waals surface area contributed by atoms with Crippen LogP contribution in [0.4, 0.5) is 5.69 Å². The van der Waals surface area contributed by atoms with Crippen LogP contribution in [0.1, 0.15) is 38.2 Å². The molecule has 25 heavy (non-hydrogen) atoms. The molecule has 1 N–H and O–H groups in total. The topological polar surface area (TPSA) is 60.9 Å². The summed E-state index contributed by atoms with van der Waals surface area (Å²) in [6.45, 7) is 3.93. The Kier molecular flexibility index (Phi) is 4.07. The predicted molar refractivity (Wildman–Crippen MR) is 95.6 cm³/mol. The number of fused-ring (bicyclic) bond motifs is 2. The highest BCUT2D eigenvalue weighted by molar-refractivity contribution is 5.98. The van der Waals surface area contributed by atoms with Crippen LogP contribution in [0.2, 0.25) is 0 Å². The smallest absolute Gasteiger partial charge is 0.311 e. The second-order valence-electron chi connectivity index (χ2n) is 7.88. The lowest BCUT2D eigenvalue weighted by atomic mass is 9.81. The molecule has 0 radical (unpaired) electrons. The summed E-state index contributed by atoms with van der Waals surface area (Å²) in [7, 11) is 0. The van der Waals surface area contributed by atoms with E-state index in [9.17, 15) is 14.7 Å². The molecule has 0 bridgehead atoms. The lowest BCUT2D eigenvalue weighted by Gasteiger charge is -2.34. The van der Waals surface area contributed by atoms with Crippen molar-refractivity contribution in [1.29, 1.82) is 0 Å². The monoisotopic (exact) mass is 342 g/mol. The fourth-order valence-corrected chi connectivity index (χ4v) is 5.12. The van der Waals surface area contributed by atoms with Gasteiger partial charge in [0.15, 0.2) is 0 Å². The van der Waals surface area contributed by atoms with Gasteiger partial charge in [-0.3, -0.25) is 14.5 Å². The molecule has 1 aliphatic carbocycles. The molecule has 134 valence electrons. The highest BCUT2D eigenvalue weighted by Crippen LogP contribution is 2.49. The van der Waals surface area contributed by atoms with Crippen molar-refractivity contribution < 1.29 is 14.7 Å². The van der Waals surface area contributed by atoms with Gasteiger partial charge in [-0.25, -0.2) is 0 Å². The van der Waals surface area contributed by atoms with Crippen LogP contribution in [0, 0.1) is 11.3 Å². The van der Waals surface area contributed by atoms with Crippen LogP contribution < -0.4 is 4.90 Å².